The first kappa shape index (κ1) is 13.7. The third kappa shape index (κ3) is 3.88. The van der Waals surface area contributed by atoms with Gasteiger partial charge in [0.2, 0.25) is 5.95 Å². The SMILES string of the molecule is CCNc1nc(SCC(C)C)nc(-n2cncn2)n1. The maximum atomic E-state index is 4.39. The van der Waals surface area contributed by atoms with Gasteiger partial charge in [0.05, 0.1) is 0 Å². The van der Waals surface area contributed by atoms with Crippen molar-refractivity contribution in [3.8, 4) is 5.95 Å². The minimum Gasteiger partial charge on any atom is -0.354 e. The first-order valence-electron chi connectivity index (χ1n) is 6.16. The zero-order chi connectivity index (χ0) is 13.7. The second-order valence-corrected chi connectivity index (χ2v) is 5.30. The lowest BCUT2D eigenvalue weighted by Crippen LogP contribution is -2.10. The molecule has 0 aliphatic heterocycles. The molecule has 0 aliphatic carbocycles. The molecule has 0 amide bonds. The van der Waals surface area contributed by atoms with Crippen LogP contribution >= 0.6 is 11.8 Å². The van der Waals surface area contributed by atoms with Crippen LogP contribution in [0.3, 0.4) is 0 Å². The average molecular weight is 279 g/mol. The molecule has 0 aromatic carbocycles. The molecule has 2 rings (SSSR count). The summed E-state index contributed by atoms with van der Waals surface area (Å²) < 4.78 is 1.53. The minimum atomic E-state index is 0.481. The van der Waals surface area contributed by atoms with Gasteiger partial charge in [-0.2, -0.15) is 24.7 Å². The van der Waals surface area contributed by atoms with E-state index in [-0.39, 0.29) is 0 Å². The van der Waals surface area contributed by atoms with Gasteiger partial charge < -0.3 is 5.32 Å². The third-order valence-corrected chi connectivity index (χ3v) is 3.38. The Kier molecular flexibility index (Phi) is 4.67. The van der Waals surface area contributed by atoms with Gasteiger partial charge >= 0.3 is 0 Å². The lowest BCUT2D eigenvalue weighted by molar-refractivity contribution is 0.738. The smallest absolute Gasteiger partial charge is 0.257 e. The van der Waals surface area contributed by atoms with Crippen molar-refractivity contribution < 1.29 is 0 Å². The summed E-state index contributed by atoms with van der Waals surface area (Å²) in [5, 5.41) is 7.84. The van der Waals surface area contributed by atoms with Crippen molar-refractivity contribution >= 4 is 17.7 Å². The Bertz CT molecular complexity index is 512. The Morgan fingerprint density at radius 3 is 2.79 bits per heavy atom. The number of hydrogen-bond donors (Lipinski definition) is 1. The van der Waals surface area contributed by atoms with Gasteiger partial charge in [0.15, 0.2) is 5.16 Å². The maximum Gasteiger partial charge on any atom is 0.257 e. The van der Waals surface area contributed by atoms with Gasteiger partial charge in [-0.25, -0.2) is 4.98 Å². The molecule has 0 bridgehead atoms. The standard InChI is InChI=1S/C11H17N7S/c1-4-13-9-15-10(18-7-12-6-14-18)17-11(16-9)19-5-8(2)3/h6-8H,4-5H2,1-3H3,(H,13,15,16,17). The number of thioether (sulfide) groups is 1. The molecule has 7 nitrogen and oxygen atoms in total. The van der Waals surface area contributed by atoms with Crippen LogP contribution in [-0.2, 0) is 0 Å². The Labute approximate surface area is 116 Å². The fourth-order valence-electron chi connectivity index (χ4n) is 1.30. The van der Waals surface area contributed by atoms with Gasteiger partial charge in [0, 0.05) is 12.3 Å². The molecule has 1 N–H and O–H groups in total. The van der Waals surface area contributed by atoms with E-state index in [1.54, 1.807) is 18.1 Å². The molecule has 2 aromatic rings. The molecule has 0 unspecified atom stereocenters. The highest BCUT2D eigenvalue weighted by atomic mass is 32.2. The van der Waals surface area contributed by atoms with Crippen molar-refractivity contribution in [1.29, 1.82) is 0 Å². The summed E-state index contributed by atoms with van der Waals surface area (Å²) in [5.74, 6) is 2.59. The first-order chi connectivity index (χ1) is 9.19. The van der Waals surface area contributed by atoms with E-state index in [1.807, 2.05) is 6.92 Å². The van der Waals surface area contributed by atoms with E-state index in [2.05, 4.69) is 44.2 Å². The van der Waals surface area contributed by atoms with Crippen molar-refractivity contribution in [2.75, 3.05) is 17.6 Å². The summed E-state index contributed by atoms with van der Waals surface area (Å²) in [7, 11) is 0. The molecular formula is C11H17N7S. The fourth-order valence-corrected chi connectivity index (χ4v) is 2.08. The molecule has 2 aromatic heterocycles. The van der Waals surface area contributed by atoms with Crippen LogP contribution in [-0.4, -0.2) is 42.0 Å². The van der Waals surface area contributed by atoms with Crippen molar-refractivity contribution in [3.05, 3.63) is 12.7 Å². The molecule has 0 spiro atoms. The van der Waals surface area contributed by atoms with Crippen LogP contribution in [0.2, 0.25) is 0 Å². The predicted molar refractivity (Wildman–Crippen MR) is 74.5 cm³/mol. The van der Waals surface area contributed by atoms with Crippen molar-refractivity contribution in [3.63, 3.8) is 0 Å². The van der Waals surface area contributed by atoms with E-state index in [9.17, 15) is 0 Å². The van der Waals surface area contributed by atoms with E-state index in [1.165, 1.54) is 11.0 Å². The van der Waals surface area contributed by atoms with E-state index in [4.69, 9.17) is 0 Å². The van der Waals surface area contributed by atoms with Crippen molar-refractivity contribution in [1.82, 2.24) is 29.7 Å². The summed E-state index contributed by atoms with van der Waals surface area (Å²) in [6.07, 6.45) is 3.03. The largest absolute Gasteiger partial charge is 0.354 e. The molecule has 0 saturated carbocycles. The summed E-state index contributed by atoms with van der Waals surface area (Å²) in [6.45, 7) is 7.09. The highest BCUT2D eigenvalue weighted by Gasteiger charge is 2.09. The van der Waals surface area contributed by atoms with Gasteiger partial charge in [-0.15, -0.1) is 0 Å². The summed E-state index contributed by atoms with van der Waals surface area (Å²) in [6, 6.07) is 0. The predicted octanol–water partition coefficient (Wildman–Crippen LogP) is 1.63. The van der Waals surface area contributed by atoms with Crippen LogP contribution in [0.1, 0.15) is 20.8 Å². The lowest BCUT2D eigenvalue weighted by Gasteiger charge is -2.08. The van der Waals surface area contributed by atoms with E-state index in [0.29, 0.717) is 23.0 Å². The number of aromatic nitrogens is 6. The number of hydrogen-bond acceptors (Lipinski definition) is 7. The number of nitrogens with zero attached hydrogens (tertiary/aromatic N) is 6. The van der Waals surface area contributed by atoms with Crippen molar-refractivity contribution in [2.24, 2.45) is 5.92 Å². The second kappa shape index (κ2) is 6.46. The molecule has 8 heteroatoms. The monoisotopic (exact) mass is 279 g/mol. The maximum absolute atomic E-state index is 4.39. The van der Waals surface area contributed by atoms with Crippen LogP contribution in [0.5, 0.6) is 0 Å². The van der Waals surface area contributed by atoms with Gasteiger partial charge in [-0.1, -0.05) is 25.6 Å². The summed E-state index contributed by atoms with van der Waals surface area (Å²) in [4.78, 5) is 17.0. The molecular weight excluding hydrogens is 262 g/mol. The Morgan fingerprint density at radius 1 is 1.32 bits per heavy atom. The quantitative estimate of drug-likeness (QED) is 0.805. The minimum absolute atomic E-state index is 0.481. The molecule has 19 heavy (non-hydrogen) atoms. The Hall–Kier alpha value is -1.70. The molecule has 0 fully saturated rings. The van der Waals surface area contributed by atoms with Gasteiger partial charge in [-0.3, -0.25) is 0 Å². The van der Waals surface area contributed by atoms with Crippen molar-refractivity contribution in [2.45, 2.75) is 25.9 Å². The average Bonchev–Trinajstić information content (AvgIpc) is 2.90. The number of nitrogens with one attached hydrogen (secondary N) is 1. The molecule has 0 atom stereocenters. The van der Waals surface area contributed by atoms with Gasteiger partial charge in [-0.05, 0) is 12.8 Å². The fraction of sp³-hybridized carbons (Fsp3) is 0.545. The molecule has 2 heterocycles. The van der Waals surface area contributed by atoms with Crippen LogP contribution in [0.4, 0.5) is 5.95 Å². The van der Waals surface area contributed by atoms with Gasteiger partial charge in [0.25, 0.3) is 5.95 Å². The first-order valence-corrected chi connectivity index (χ1v) is 7.15. The topological polar surface area (TPSA) is 81.4 Å². The number of rotatable bonds is 6. The number of anilines is 1. The summed E-state index contributed by atoms with van der Waals surface area (Å²) in [5.41, 5.74) is 0. The molecule has 0 radical (unpaired) electrons. The van der Waals surface area contributed by atoms with Crippen LogP contribution in [0.25, 0.3) is 5.95 Å². The second-order valence-electron chi connectivity index (χ2n) is 4.32. The Balaban J connectivity index is 2.27. The third-order valence-electron chi connectivity index (χ3n) is 2.11. The zero-order valence-corrected chi connectivity index (χ0v) is 12.1. The molecule has 102 valence electrons. The van der Waals surface area contributed by atoms with Crippen LogP contribution in [0.15, 0.2) is 17.8 Å². The normalized spacial score (nSPS) is 10.9. The van der Waals surface area contributed by atoms with Crippen LogP contribution < -0.4 is 5.32 Å². The highest BCUT2D eigenvalue weighted by molar-refractivity contribution is 7.99. The molecule has 0 saturated heterocycles. The lowest BCUT2D eigenvalue weighted by atomic mass is 10.3. The summed E-state index contributed by atoms with van der Waals surface area (Å²) >= 11 is 1.62. The highest BCUT2D eigenvalue weighted by Crippen LogP contribution is 2.18. The van der Waals surface area contributed by atoms with E-state index >= 15 is 0 Å². The van der Waals surface area contributed by atoms with E-state index in [0.717, 1.165) is 12.3 Å². The Morgan fingerprint density at radius 2 is 2.16 bits per heavy atom. The van der Waals surface area contributed by atoms with Crippen LogP contribution in [0, 0.1) is 5.92 Å². The van der Waals surface area contributed by atoms with E-state index < -0.39 is 0 Å². The zero-order valence-electron chi connectivity index (χ0n) is 11.2. The molecule has 0 aliphatic rings. The van der Waals surface area contributed by atoms with Gasteiger partial charge in [0.1, 0.15) is 12.7 Å².